The van der Waals surface area contributed by atoms with Crippen LogP contribution in [0.5, 0.6) is 5.75 Å². The summed E-state index contributed by atoms with van der Waals surface area (Å²) < 4.78 is 6.66. The summed E-state index contributed by atoms with van der Waals surface area (Å²) in [5.74, 6) is -0.122. The zero-order valence-corrected chi connectivity index (χ0v) is 15.1. The second-order valence-electron chi connectivity index (χ2n) is 5.62. The summed E-state index contributed by atoms with van der Waals surface area (Å²) in [6, 6.07) is 11.7. The summed E-state index contributed by atoms with van der Waals surface area (Å²) in [7, 11) is 0. The Morgan fingerprint density at radius 1 is 1.29 bits per heavy atom. The molecule has 0 saturated heterocycles. The van der Waals surface area contributed by atoms with Crippen LogP contribution in [0, 0.1) is 6.92 Å². The molecule has 2 N–H and O–H groups in total. The van der Waals surface area contributed by atoms with E-state index >= 15 is 0 Å². The Bertz CT molecular complexity index is 914. The van der Waals surface area contributed by atoms with E-state index in [0.717, 1.165) is 43.5 Å². The minimum Gasteiger partial charge on any atom is -0.493 e. The van der Waals surface area contributed by atoms with Crippen molar-refractivity contribution in [1.29, 1.82) is 0 Å². The largest absolute Gasteiger partial charge is 0.493 e. The topological polar surface area (TPSA) is 62.3 Å². The van der Waals surface area contributed by atoms with Gasteiger partial charge in [-0.25, -0.2) is 0 Å². The second-order valence-corrected chi connectivity index (χ2v) is 6.54. The fourth-order valence-electron chi connectivity index (χ4n) is 2.96. The van der Waals surface area contributed by atoms with Crippen molar-refractivity contribution in [1.82, 2.24) is 4.98 Å². The molecular weight excluding hydrogens is 370 g/mol. The van der Waals surface area contributed by atoms with E-state index in [0.29, 0.717) is 6.61 Å². The fraction of sp³-hybridized carbons (Fsp3) is 0.211. The number of aromatic amines is 1. The van der Waals surface area contributed by atoms with Gasteiger partial charge in [0.15, 0.2) is 0 Å². The summed E-state index contributed by atoms with van der Waals surface area (Å²) >= 11 is 3.49. The van der Waals surface area contributed by atoms with Crippen LogP contribution in [0.25, 0.3) is 22.2 Å². The van der Waals surface area contributed by atoms with Gasteiger partial charge in [0, 0.05) is 20.9 Å². The van der Waals surface area contributed by atoms with Gasteiger partial charge in [0.1, 0.15) is 5.75 Å². The average molecular weight is 388 g/mol. The Morgan fingerprint density at radius 3 is 2.79 bits per heavy atom. The van der Waals surface area contributed by atoms with Crippen LogP contribution < -0.4 is 4.74 Å². The zero-order valence-electron chi connectivity index (χ0n) is 13.5. The first-order valence-electron chi connectivity index (χ1n) is 7.76. The van der Waals surface area contributed by atoms with Crippen molar-refractivity contribution in [3.8, 4) is 17.0 Å². The lowest BCUT2D eigenvalue weighted by Gasteiger charge is -2.11. The van der Waals surface area contributed by atoms with Crippen molar-refractivity contribution in [3.05, 3.63) is 52.0 Å². The van der Waals surface area contributed by atoms with Crippen molar-refractivity contribution < 1.29 is 14.6 Å². The lowest BCUT2D eigenvalue weighted by Crippen LogP contribution is -2.02. The maximum atomic E-state index is 11.4. The maximum Gasteiger partial charge on any atom is 0.307 e. The Labute approximate surface area is 148 Å². The second kappa shape index (κ2) is 6.69. The lowest BCUT2D eigenvalue weighted by molar-refractivity contribution is -0.136. The number of carboxylic acid groups (broad SMARTS) is 1. The molecule has 1 heterocycles. The van der Waals surface area contributed by atoms with Crippen LogP contribution in [0.1, 0.15) is 18.1 Å². The molecule has 2 aromatic carbocycles. The van der Waals surface area contributed by atoms with Gasteiger partial charge < -0.3 is 14.8 Å². The van der Waals surface area contributed by atoms with Crippen molar-refractivity contribution in [2.75, 3.05) is 6.61 Å². The molecule has 0 bridgehead atoms. The number of benzene rings is 2. The number of rotatable bonds is 5. The first-order chi connectivity index (χ1) is 11.5. The maximum absolute atomic E-state index is 11.4. The number of ether oxygens (including phenoxy) is 1. The fourth-order valence-corrected chi connectivity index (χ4v) is 3.33. The number of carboxylic acids is 1. The summed E-state index contributed by atoms with van der Waals surface area (Å²) in [6.45, 7) is 4.49. The molecule has 4 nitrogen and oxygen atoms in total. The van der Waals surface area contributed by atoms with Crippen molar-refractivity contribution >= 4 is 32.8 Å². The Morgan fingerprint density at radius 2 is 2.08 bits per heavy atom. The third-order valence-corrected chi connectivity index (χ3v) is 4.48. The molecule has 3 rings (SSSR count). The predicted molar refractivity (Wildman–Crippen MR) is 98.7 cm³/mol. The molecule has 0 aliphatic heterocycles. The molecular formula is C19H18BrNO3. The van der Waals surface area contributed by atoms with Crippen molar-refractivity contribution in [2.45, 2.75) is 20.3 Å². The molecule has 0 saturated carbocycles. The van der Waals surface area contributed by atoms with E-state index in [1.54, 1.807) is 0 Å². The Hall–Kier alpha value is -2.27. The van der Waals surface area contributed by atoms with Gasteiger partial charge >= 0.3 is 5.97 Å². The number of hydrogen-bond acceptors (Lipinski definition) is 2. The molecule has 0 aliphatic rings. The molecule has 124 valence electrons. The SMILES string of the molecule is CCOc1ccc(Br)cc1-c1[nH]c2c(C)cccc2c1CC(=O)O. The number of H-pyrrole nitrogens is 1. The molecule has 24 heavy (non-hydrogen) atoms. The van der Waals surface area contributed by atoms with Gasteiger partial charge in [-0.2, -0.15) is 0 Å². The molecule has 0 amide bonds. The van der Waals surface area contributed by atoms with Gasteiger partial charge in [-0.05, 0) is 43.2 Å². The Balaban J connectivity index is 2.31. The van der Waals surface area contributed by atoms with Gasteiger partial charge in [0.05, 0.1) is 18.7 Å². The van der Waals surface area contributed by atoms with Crippen LogP contribution in [0.15, 0.2) is 40.9 Å². The van der Waals surface area contributed by atoms with Crippen molar-refractivity contribution in [2.24, 2.45) is 0 Å². The molecule has 3 aromatic rings. The molecule has 1 aromatic heterocycles. The average Bonchev–Trinajstić information content (AvgIpc) is 2.89. The summed E-state index contributed by atoms with van der Waals surface area (Å²) in [4.78, 5) is 14.8. The molecule has 0 fully saturated rings. The van der Waals surface area contributed by atoms with E-state index < -0.39 is 5.97 Å². The van der Waals surface area contributed by atoms with Gasteiger partial charge in [0.25, 0.3) is 0 Å². The highest BCUT2D eigenvalue weighted by atomic mass is 79.9. The standard InChI is InChI=1S/C19H18BrNO3/c1-3-24-16-8-7-12(20)9-15(16)19-14(10-17(22)23)13-6-4-5-11(2)18(13)21-19/h4-9,21H,3,10H2,1-2H3,(H,22,23). The molecule has 0 spiro atoms. The summed E-state index contributed by atoms with van der Waals surface area (Å²) in [5.41, 5.74) is 4.48. The van der Waals surface area contributed by atoms with Gasteiger partial charge in [0.2, 0.25) is 0 Å². The highest BCUT2D eigenvalue weighted by Crippen LogP contribution is 2.38. The van der Waals surface area contributed by atoms with E-state index in [1.807, 2.05) is 50.2 Å². The summed E-state index contributed by atoms with van der Waals surface area (Å²) in [5, 5.41) is 10.3. The van der Waals surface area contributed by atoms with Crippen LogP contribution >= 0.6 is 15.9 Å². The smallest absolute Gasteiger partial charge is 0.307 e. The Kier molecular flexibility index (Phi) is 4.62. The number of aromatic nitrogens is 1. The van der Waals surface area contributed by atoms with Crippen LogP contribution in [0.4, 0.5) is 0 Å². The van der Waals surface area contributed by atoms with Gasteiger partial charge in [-0.3, -0.25) is 4.79 Å². The first kappa shape index (κ1) is 16.6. The minimum absolute atomic E-state index is 0.0448. The number of aliphatic carboxylic acids is 1. The number of para-hydroxylation sites is 1. The number of hydrogen-bond donors (Lipinski definition) is 2. The number of nitrogens with one attached hydrogen (secondary N) is 1. The first-order valence-corrected chi connectivity index (χ1v) is 8.55. The molecule has 5 heteroatoms. The normalized spacial score (nSPS) is 11.0. The number of fused-ring (bicyclic) bond motifs is 1. The van der Waals surface area contributed by atoms with Crippen LogP contribution in [-0.2, 0) is 11.2 Å². The zero-order chi connectivity index (χ0) is 17.3. The number of carbonyl (C=O) groups is 1. The van der Waals surface area contributed by atoms with Crippen LogP contribution in [0.3, 0.4) is 0 Å². The van der Waals surface area contributed by atoms with Gasteiger partial charge in [-0.15, -0.1) is 0 Å². The van der Waals surface area contributed by atoms with E-state index in [-0.39, 0.29) is 6.42 Å². The van der Waals surface area contributed by atoms with Crippen molar-refractivity contribution in [3.63, 3.8) is 0 Å². The highest BCUT2D eigenvalue weighted by molar-refractivity contribution is 9.10. The molecule has 0 radical (unpaired) electrons. The number of aryl methyl sites for hydroxylation is 1. The predicted octanol–water partition coefficient (Wildman–Crippen LogP) is 4.93. The highest BCUT2D eigenvalue weighted by Gasteiger charge is 2.19. The lowest BCUT2D eigenvalue weighted by atomic mass is 10.0. The summed E-state index contributed by atoms with van der Waals surface area (Å²) in [6.07, 6.45) is -0.0448. The van der Waals surface area contributed by atoms with E-state index in [1.165, 1.54) is 0 Å². The molecule has 0 aliphatic carbocycles. The molecule has 0 unspecified atom stereocenters. The van der Waals surface area contributed by atoms with Crippen LogP contribution in [-0.4, -0.2) is 22.7 Å². The monoisotopic (exact) mass is 387 g/mol. The quantitative estimate of drug-likeness (QED) is 0.652. The van der Waals surface area contributed by atoms with Gasteiger partial charge in [-0.1, -0.05) is 34.1 Å². The van der Waals surface area contributed by atoms with E-state index in [2.05, 4.69) is 20.9 Å². The third-order valence-electron chi connectivity index (χ3n) is 3.99. The van der Waals surface area contributed by atoms with Crippen LogP contribution in [0.2, 0.25) is 0 Å². The molecule has 0 atom stereocenters. The minimum atomic E-state index is -0.855. The number of halogens is 1. The van der Waals surface area contributed by atoms with E-state index in [9.17, 15) is 9.90 Å². The van der Waals surface area contributed by atoms with E-state index in [4.69, 9.17) is 4.74 Å². The third kappa shape index (κ3) is 3.04.